The molecule has 1 aromatic carbocycles. The van der Waals surface area contributed by atoms with Crippen molar-refractivity contribution in [2.75, 3.05) is 0 Å². The van der Waals surface area contributed by atoms with E-state index in [1.165, 1.54) is 5.56 Å². The summed E-state index contributed by atoms with van der Waals surface area (Å²) in [5.74, 6) is 0. The molecule has 0 heterocycles. The molecule has 0 aromatic heterocycles. The Morgan fingerprint density at radius 3 is 1.00 bits per heavy atom. The van der Waals surface area contributed by atoms with E-state index in [2.05, 4.69) is 19.1 Å². The Hall–Kier alpha value is 3.22. The number of rotatable bonds is 0. The molecule has 0 amide bonds. The monoisotopic (exact) mass is 402 g/mol. The van der Waals surface area contributed by atoms with Crippen molar-refractivity contribution in [2.24, 2.45) is 0 Å². The number of aryl methyl sites for hydroxylation is 1. The van der Waals surface area contributed by atoms with E-state index in [-0.39, 0.29) is 113 Å². The van der Waals surface area contributed by atoms with Crippen LogP contribution < -0.4 is 29.4 Å². The van der Waals surface area contributed by atoms with Gasteiger partial charge in [0.05, 0.1) is 0 Å². The molecule has 0 radical (unpaired) electrons. The molecular weight excluding hydrogens is 394 g/mol. The Labute approximate surface area is 206 Å². The SMILES string of the molecule is Cc1ccccc1.O=P([O-])([O-])[O-].O=P([O-])([O-])[O-].[Ca+2].[Ca+2].[Ca+2]. The largest absolute Gasteiger partial charge is 2.00 e. The fourth-order valence-electron chi connectivity index (χ4n) is 0.534. The maximum Gasteiger partial charge on any atom is 2.00 e. The van der Waals surface area contributed by atoms with Crippen LogP contribution in [0.15, 0.2) is 30.3 Å². The molecule has 20 heavy (non-hydrogen) atoms. The zero-order valence-corrected chi connectivity index (χ0v) is 19.1. The standard InChI is InChI=1S/C7H8.3Ca.2H3O4P/c1-7-5-3-2-4-6-7;;;;2*1-5(2,3)4/h2-6H,1H3;;;;2*(H3,1,2,3,4)/q;3*+2;;/p-6. The summed E-state index contributed by atoms with van der Waals surface area (Å²) < 4.78 is 17.1. The molecule has 100 valence electrons. The Bertz CT molecular complexity index is 356. The third-order valence-electron chi connectivity index (χ3n) is 0.940. The van der Waals surface area contributed by atoms with Crippen LogP contribution in [-0.2, 0) is 9.13 Å². The minimum atomic E-state index is -5.39. The fourth-order valence-corrected chi connectivity index (χ4v) is 0.534. The molecule has 1 rings (SSSR count). The maximum absolute atomic E-state index is 8.55. The molecule has 13 heteroatoms. The summed E-state index contributed by atoms with van der Waals surface area (Å²) in [5, 5.41) is 0. The van der Waals surface area contributed by atoms with Crippen LogP contribution in [0.4, 0.5) is 0 Å². The quantitative estimate of drug-likeness (QED) is 0.307. The van der Waals surface area contributed by atoms with Gasteiger partial charge >= 0.3 is 113 Å². The second-order valence-electron chi connectivity index (χ2n) is 2.55. The minimum Gasteiger partial charge on any atom is -0.822 e. The van der Waals surface area contributed by atoms with Crippen molar-refractivity contribution < 1.29 is 38.5 Å². The Morgan fingerprint density at radius 1 is 0.700 bits per heavy atom. The average molecular weight is 402 g/mol. The third-order valence-corrected chi connectivity index (χ3v) is 0.940. The smallest absolute Gasteiger partial charge is 0.822 e. The van der Waals surface area contributed by atoms with Gasteiger partial charge in [-0.3, -0.25) is 0 Å². The minimum absolute atomic E-state index is 0. The van der Waals surface area contributed by atoms with E-state index in [9.17, 15) is 0 Å². The summed E-state index contributed by atoms with van der Waals surface area (Å²) >= 11 is 0. The van der Waals surface area contributed by atoms with E-state index in [1.54, 1.807) is 0 Å². The van der Waals surface area contributed by atoms with Gasteiger partial charge in [0.25, 0.3) is 0 Å². The molecule has 0 atom stereocenters. The van der Waals surface area contributed by atoms with Crippen LogP contribution in [0, 0.1) is 6.92 Å². The molecule has 0 bridgehead atoms. The van der Waals surface area contributed by atoms with Crippen molar-refractivity contribution in [1.29, 1.82) is 0 Å². The van der Waals surface area contributed by atoms with Gasteiger partial charge in [-0.2, -0.15) is 15.6 Å². The molecule has 0 saturated carbocycles. The molecular formula is C7H8Ca3O8P2. The van der Waals surface area contributed by atoms with Crippen LogP contribution in [-0.4, -0.2) is 113 Å². The summed E-state index contributed by atoms with van der Waals surface area (Å²) in [4.78, 5) is 51.3. The molecule has 0 unspecified atom stereocenters. The normalized spacial score (nSPS) is 8.95. The van der Waals surface area contributed by atoms with Crippen molar-refractivity contribution in [1.82, 2.24) is 0 Å². The predicted molar refractivity (Wildman–Crippen MR) is 63.7 cm³/mol. The second kappa shape index (κ2) is 18.6. The van der Waals surface area contributed by atoms with Crippen LogP contribution in [0.3, 0.4) is 0 Å². The number of phosphoric acid groups is 2. The first-order chi connectivity index (χ1) is 7.39. The molecule has 0 aliphatic carbocycles. The zero-order chi connectivity index (χ0) is 14.1. The summed E-state index contributed by atoms with van der Waals surface area (Å²) in [6, 6.07) is 10.3. The predicted octanol–water partition coefficient (Wildman–Crippen LogP) is -4.80. The summed E-state index contributed by atoms with van der Waals surface area (Å²) in [6.07, 6.45) is 0. The summed E-state index contributed by atoms with van der Waals surface area (Å²) in [7, 11) is -10.8. The van der Waals surface area contributed by atoms with Crippen molar-refractivity contribution in [3.63, 3.8) is 0 Å². The third kappa shape index (κ3) is 68.9. The molecule has 1 aromatic rings. The van der Waals surface area contributed by atoms with E-state index in [4.69, 9.17) is 38.5 Å². The van der Waals surface area contributed by atoms with Crippen LogP contribution in [0.5, 0.6) is 0 Å². The van der Waals surface area contributed by atoms with Gasteiger partial charge in [-0.1, -0.05) is 35.9 Å². The van der Waals surface area contributed by atoms with Gasteiger partial charge < -0.3 is 38.5 Å². The Morgan fingerprint density at radius 2 is 0.900 bits per heavy atom. The number of benzene rings is 1. The maximum atomic E-state index is 8.55. The van der Waals surface area contributed by atoms with E-state index in [1.807, 2.05) is 18.2 Å². The van der Waals surface area contributed by atoms with Gasteiger partial charge in [0.1, 0.15) is 0 Å². The van der Waals surface area contributed by atoms with Crippen molar-refractivity contribution in [2.45, 2.75) is 6.92 Å². The van der Waals surface area contributed by atoms with Gasteiger partial charge in [0.2, 0.25) is 0 Å². The van der Waals surface area contributed by atoms with Crippen LogP contribution >= 0.6 is 15.6 Å². The van der Waals surface area contributed by atoms with Crippen molar-refractivity contribution in [3.05, 3.63) is 35.9 Å². The molecule has 0 aliphatic heterocycles. The first kappa shape index (κ1) is 34.5. The van der Waals surface area contributed by atoms with E-state index < -0.39 is 15.6 Å². The molecule has 0 aliphatic rings. The molecule has 0 N–H and O–H groups in total. The first-order valence-electron chi connectivity index (χ1n) is 3.87. The number of hydrogen-bond donors (Lipinski definition) is 0. The fraction of sp³-hybridized carbons (Fsp3) is 0.143. The van der Waals surface area contributed by atoms with Crippen molar-refractivity contribution in [3.8, 4) is 0 Å². The average Bonchev–Trinajstić information content (AvgIpc) is 1.98. The van der Waals surface area contributed by atoms with Gasteiger partial charge in [-0.05, 0) is 6.92 Å². The van der Waals surface area contributed by atoms with Crippen LogP contribution in [0.25, 0.3) is 0 Å². The van der Waals surface area contributed by atoms with Gasteiger partial charge in [0, 0.05) is 0 Å². The Kier molecular flexibility index (Phi) is 32.0. The van der Waals surface area contributed by atoms with Crippen LogP contribution in [0.2, 0.25) is 0 Å². The van der Waals surface area contributed by atoms with Crippen molar-refractivity contribution >= 4 is 129 Å². The summed E-state index contributed by atoms with van der Waals surface area (Å²) in [6.45, 7) is 2.08. The van der Waals surface area contributed by atoms with E-state index >= 15 is 0 Å². The van der Waals surface area contributed by atoms with E-state index in [0.717, 1.165) is 0 Å². The first-order valence-corrected chi connectivity index (χ1v) is 6.79. The van der Waals surface area contributed by atoms with Gasteiger partial charge in [-0.25, -0.2) is 0 Å². The summed E-state index contributed by atoms with van der Waals surface area (Å²) in [5.41, 5.74) is 1.32. The van der Waals surface area contributed by atoms with E-state index in [0.29, 0.717) is 0 Å². The molecule has 0 fully saturated rings. The molecule has 0 saturated heterocycles. The van der Waals surface area contributed by atoms with Gasteiger partial charge in [0.15, 0.2) is 0 Å². The van der Waals surface area contributed by atoms with Gasteiger partial charge in [-0.15, -0.1) is 0 Å². The Balaban J connectivity index is -0.0000000536. The zero-order valence-electron chi connectivity index (χ0n) is 10.7. The molecule has 0 spiro atoms. The number of hydrogen-bond acceptors (Lipinski definition) is 8. The second-order valence-corrected chi connectivity index (χ2v) is 4.34. The topological polar surface area (TPSA) is 172 Å². The molecule has 8 nitrogen and oxygen atoms in total. The van der Waals surface area contributed by atoms with Crippen LogP contribution in [0.1, 0.15) is 5.56 Å².